The van der Waals surface area contributed by atoms with Crippen molar-refractivity contribution < 1.29 is 37.0 Å². The molecule has 4 aromatic rings. The highest BCUT2D eigenvalue weighted by Crippen LogP contribution is 2.46. The molecule has 0 aliphatic carbocycles. The van der Waals surface area contributed by atoms with E-state index in [-0.39, 0.29) is 75.8 Å². The van der Waals surface area contributed by atoms with Crippen LogP contribution in [0.25, 0.3) is 32.9 Å². The average molecular weight is 1090 g/mol. The Hall–Kier alpha value is -5.06. The molecule has 2 aromatic heterocycles. The van der Waals surface area contributed by atoms with Gasteiger partial charge in [-0.05, 0) is 135 Å². The van der Waals surface area contributed by atoms with Crippen molar-refractivity contribution in [2.75, 3.05) is 52.0 Å². The summed E-state index contributed by atoms with van der Waals surface area (Å²) in [6.45, 7) is 34.1. The Balaban J connectivity index is 1.60. The molecule has 2 unspecified atom stereocenters. The maximum Gasteiger partial charge on any atom is 0.429 e. The Labute approximate surface area is 455 Å². The first-order valence-electron chi connectivity index (χ1n) is 28.1. The third-order valence-electron chi connectivity index (χ3n) is 16.0. The Bertz CT molecular complexity index is 2690. The molecule has 0 bridgehead atoms. The van der Waals surface area contributed by atoms with Crippen LogP contribution in [0.15, 0.2) is 30.5 Å². The van der Waals surface area contributed by atoms with Gasteiger partial charge in [0.05, 0.1) is 17.6 Å². The topological polar surface area (TPSA) is 131 Å². The van der Waals surface area contributed by atoms with Gasteiger partial charge in [-0.1, -0.05) is 95.1 Å². The molecule has 76 heavy (non-hydrogen) atoms. The van der Waals surface area contributed by atoms with E-state index >= 15 is 8.78 Å². The SMILES string of the molecule is CC(C)[Si](C#Cc1c(F)ccc2cc(O[Si](C(C)C)(C(C)C)C(C)C)cc(-c3ncc4c(N5CCCCCN5C(=O)OC(C)(C)C)nc(OCC5CCCNC(COC(=O)N(C)C)CC5)nc4c3F)c12)(C(C)C)C(C)C. The van der Waals surface area contributed by atoms with Crippen LogP contribution in [0, 0.1) is 29.0 Å². The van der Waals surface area contributed by atoms with Gasteiger partial charge in [0.15, 0.2) is 11.6 Å². The first kappa shape index (κ1) is 60.2. The molecule has 2 saturated heterocycles. The number of nitrogens with one attached hydrogen (secondary N) is 1. The molecule has 13 nitrogen and oxygen atoms in total. The molecule has 2 aliphatic heterocycles. The van der Waals surface area contributed by atoms with E-state index in [4.69, 9.17) is 33.6 Å². The first-order valence-corrected chi connectivity index (χ1v) is 32.4. The zero-order chi connectivity index (χ0) is 56.0. The van der Waals surface area contributed by atoms with Crippen molar-refractivity contribution in [3.05, 3.63) is 47.7 Å². The van der Waals surface area contributed by atoms with Gasteiger partial charge in [0.25, 0.3) is 8.32 Å². The highest BCUT2D eigenvalue weighted by Gasteiger charge is 2.47. The standard InChI is InChI=1S/C59H89F2N7O6Si2/c1-37(2)75(38(3)4,39(5)6)31-27-47-50(60)26-24-44-32-46(74-76(40(7)8,41(9)10)42(11)12)33-48(51(44)47)53-52(61)54-49(34-63-53)55(67-29-19-18-20-30-68(67)58(70)73-59(13,14)15)65-56(64-54)71-35-43-22-21-28-62-45(25-23-43)36-72-57(69)66(16)17/h24,26,32-34,37-43,45,62H,18-23,25,28-30,35-36H2,1-17H3. The number of rotatable bonds is 15. The molecule has 2 aliphatic rings. The van der Waals surface area contributed by atoms with E-state index in [0.29, 0.717) is 51.8 Å². The molecule has 2 amide bonds. The summed E-state index contributed by atoms with van der Waals surface area (Å²) in [5.74, 6) is 3.09. The molecule has 6 rings (SSSR count). The number of carbonyl (C=O) groups excluding carboxylic acids is 2. The number of fused-ring (bicyclic) bond motifs is 2. The third-order valence-corrected chi connectivity index (χ3v) is 28.3. The molecule has 0 spiro atoms. The van der Waals surface area contributed by atoms with Gasteiger partial charge in [-0.15, -0.1) is 5.54 Å². The van der Waals surface area contributed by atoms with Crippen LogP contribution in [0.2, 0.25) is 33.2 Å². The Morgan fingerprint density at radius 2 is 1.49 bits per heavy atom. The van der Waals surface area contributed by atoms with Crippen molar-refractivity contribution in [1.29, 1.82) is 0 Å². The number of ether oxygens (including phenoxy) is 3. The van der Waals surface area contributed by atoms with E-state index < -0.39 is 45.8 Å². The number of hydrazine groups is 1. The van der Waals surface area contributed by atoms with Gasteiger partial charge in [0, 0.05) is 50.4 Å². The lowest BCUT2D eigenvalue weighted by molar-refractivity contribution is 0.0232. The zero-order valence-corrected chi connectivity index (χ0v) is 50.9. The molecular formula is C59H89F2N7O6Si2. The number of hydrogen-bond acceptors (Lipinski definition) is 11. The average Bonchev–Trinajstić information content (AvgIpc) is 3.59. The maximum atomic E-state index is 18.5. The predicted octanol–water partition coefficient (Wildman–Crippen LogP) is 14.6. The van der Waals surface area contributed by atoms with Crippen molar-refractivity contribution >= 4 is 56.1 Å². The fraction of sp³-hybridized carbons (Fsp3) is 0.644. The number of anilines is 1. The number of amides is 2. The minimum absolute atomic E-state index is 0.0258. The number of benzene rings is 2. The minimum Gasteiger partial charge on any atom is -0.543 e. The van der Waals surface area contributed by atoms with Gasteiger partial charge in [0.1, 0.15) is 43.1 Å². The summed E-state index contributed by atoms with van der Waals surface area (Å²) in [5.41, 5.74) is 4.96. The van der Waals surface area contributed by atoms with Gasteiger partial charge in [0.2, 0.25) is 0 Å². The van der Waals surface area contributed by atoms with Crippen LogP contribution in [0.4, 0.5) is 24.2 Å². The highest BCUT2D eigenvalue weighted by atomic mass is 28.4. The molecule has 418 valence electrons. The summed E-state index contributed by atoms with van der Waals surface area (Å²) in [6, 6.07) is 6.89. The molecule has 2 aromatic carbocycles. The monoisotopic (exact) mass is 1090 g/mol. The summed E-state index contributed by atoms with van der Waals surface area (Å²) in [5, 5.41) is 8.19. The second-order valence-corrected chi connectivity index (χ2v) is 35.3. The largest absolute Gasteiger partial charge is 0.543 e. The summed E-state index contributed by atoms with van der Waals surface area (Å²) < 4.78 is 60.8. The van der Waals surface area contributed by atoms with E-state index in [1.54, 1.807) is 36.4 Å². The number of nitrogens with zero attached hydrogens (tertiary/aromatic N) is 6. The van der Waals surface area contributed by atoms with Crippen LogP contribution in [0.1, 0.15) is 154 Å². The molecule has 2 atom stereocenters. The van der Waals surface area contributed by atoms with E-state index in [9.17, 15) is 9.59 Å². The van der Waals surface area contributed by atoms with Gasteiger partial charge < -0.3 is 28.9 Å². The van der Waals surface area contributed by atoms with Gasteiger partial charge in [-0.25, -0.2) is 23.4 Å². The number of halogens is 2. The van der Waals surface area contributed by atoms with Crippen molar-refractivity contribution in [3.63, 3.8) is 0 Å². The second-order valence-electron chi connectivity index (χ2n) is 24.4. The van der Waals surface area contributed by atoms with Crippen LogP contribution < -0.4 is 19.5 Å². The van der Waals surface area contributed by atoms with Crippen LogP contribution in [-0.4, -0.2) is 112 Å². The van der Waals surface area contributed by atoms with Crippen LogP contribution in [0.3, 0.4) is 0 Å². The van der Waals surface area contributed by atoms with Crippen molar-refractivity contribution in [1.82, 2.24) is 30.2 Å². The predicted molar refractivity (Wildman–Crippen MR) is 308 cm³/mol. The Morgan fingerprint density at radius 1 is 0.829 bits per heavy atom. The molecule has 2 fully saturated rings. The molecule has 0 radical (unpaired) electrons. The van der Waals surface area contributed by atoms with Crippen LogP contribution >= 0.6 is 0 Å². The lowest BCUT2D eigenvalue weighted by Crippen LogP contribution is -2.50. The summed E-state index contributed by atoms with van der Waals surface area (Å²) in [6.07, 6.45) is 6.16. The number of aromatic nitrogens is 3. The van der Waals surface area contributed by atoms with Crippen molar-refractivity contribution in [2.24, 2.45) is 5.92 Å². The Kier molecular flexibility index (Phi) is 19.9. The van der Waals surface area contributed by atoms with Crippen molar-refractivity contribution in [2.45, 2.75) is 194 Å². The number of carbonyl (C=O) groups is 2. The van der Waals surface area contributed by atoms with Gasteiger partial charge in [-0.2, -0.15) is 9.97 Å². The Morgan fingerprint density at radius 3 is 2.11 bits per heavy atom. The van der Waals surface area contributed by atoms with E-state index in [0.717, 1.165) is 51.5 Å². The fourth-order valence-corrected chi connectivity index (χ4v) is 22.7. The molecule has 17 heteroatoms. The maximum absolute atomic E-state index is 18.5. The number of pyridine rings is 1. The van der Waals surface area contributed by atoms with Crippen molar-refractivity contribution in [3.8, 4) is 34.5 Å². The zero-order valence-electron chi connectivity index (χ0n) is 48.9. The van der Waals surface area contributed by atoms with E-state index in [2.05, 4.69) is 99.9 Å². The molecule has 0 saturated carbocycles. The molecule has 4 heterocycles. The van der Waals surface area contributed by atoms with Crippen LogP contribution in [-0.2, 0) is 9.47 Å². The summed E-state index contributed by atoms with van der Waals surface area (Å²) in [4.78, 5) is 42.6. The molecule has 1 N–H and O–H groups in total. The smallest absolute Gasteiger partial charge is 0.429 e. The minimum atomic E-state index is -2.58. The van der Waals surface area contributed by atoms with Gasteiger partial charge >= 0.3 is 18.2 Å². The number of hydrogen-bond donors (Lipinski definition) is 1. The van der Waals surface area contributed by atoms with E-state index in [1.165, 1.54) is 11.0 Å². The first-order chi connectivity index (χ1) is 35.7. The quantitative estimate of drug-likeness (QED) is 0.0901. The molecular weight excluding hydrogens is 997 g/mol. The summed E-state index contributed by atoms with van der Waals surface area (Å²) in [7, 11) is -1.64. The van der Waals surface area contributed by atoms with Gasteiger partial charge in [-0.3, -0.25) is 9.99 Å². The summed E-state index contributed by atoms with van der Waals surface area (Å²) >= 11 is 0. The lowest BCUT2D eigenvalue weighted by atomic mass is 9.94. The second kappa shape index (κ2) is 25.2. The van der Waals surface area contributed by atoms with Crippen LogP contribution in [0.5, 0.6) is 11.8 Å². The lowest BCUT2D eigenvalue weighted by Gasteiger charge is -2.42. The normalized spacial score (nSPS) is 17.3. The third kappa shape index (κ3) is 13.3. The fourth-order valence-electron chi connectivity index (χ4n) is 12.3. The van der Waals surface area contributed by atoms with E-state index in [1.807, 2.05) is 32.9 Å². The highest BCUT2D eigenvalue weighted by molar-refractivity contribution is 6.90.